The summed E-state index contributed by atoms with van der Waals surface area (Å²) in [6, 6.07) is 11.5. The van der Waals surface area contributed by atoms with Crippen LogP contribution in [0.3, 0.4) is 0 Å². The van der Waals surface area contributed by atoms with Gasteiger partial charge in [-0.25, -0.2) is 4.79 Å². The average molecular weight is 386 g/mol. The minimum atomic E-state index is -0.197. The normalized spacial score (nSPS) is 12.7. The monoisotopic (exact) mass is 384 g/mol. The van der Waals surface area contributed by atoms with Crippen molar-refractivity contribution >= 4 is 50.2 Å². The SMILES string of the molecule is O=c1[nH]c2ccc(C(Br)Cc3ccc(Cl)c(Cl)c3)cc2[nH]1. The standard InChI is InChI=1S/C15H11BrCl2N2O/c16-10(5-8-1-3-11(17)12(18)6-8)9-2-4-13-14(7-9)20-15(21)19-13/h1-4,6-7,10H,5H2,(H2,19,20,21). The van der Waals surface area contributed by atoms with E-state index in [9.17, 15) is 4.79 Å². The number of alkyl halides is 1. The van der Waals surface area contributed by atoms with Crippen molar-refractivity contribution < 1.29 is 0 Å². The molecule has 0 saturated carbocycles. The molecule has 1 unspecified atom stereocenters. The van der Waals surface area contributed by atoms with E-state index < -0.39 is 0 Å². The van der Waals surface area contributed by atoms with Crippen molar-refractivity contribution in [2.75, 3.05) is 0 Å². The van der Waals surface area contributed by atoms with Crippen molar-refractivity contribution in [3.8, 4) is 0 Å². The van der Waals surface area contributed by atoms with E-state index in [0.717, 1.165) is 28.6 Å². The summed E-state index contributed by atoms with van der Waals surface area (Å²) in [5, 5.41) is 1.11. The molecule has 108 valence electrons. The fourth-order valence-corrected chi connectivity index (χ4v) is 3.22. The summed E-state index contributed by atoms with van der Waals surface area (Å²) in [6.07, 6.45) is 0.775. The second kappa shape index (κ2) is 5.87. The molecule has 0 amide bonds. The molecule has 0 aliphatic carbocycles. The number of halogens is 3. The van der Waals surface area contributed by atoms with Crippen LogP contribution in [0.15, 0.2) is 41.2 Å². The molecule has 2 N–H and O–H groups in total. The molecule has 0 radical (unpaired) electrons. The molecule has 3 rings (SSSR count). The summed E-state index contributed by atoms with van der Waals surface area (Å²) in [6.45, 7) is 0. The fourth-order valence-electron chi connectivity index (χ4n) is 2.24. The molecule has 1 heterocycles. The van der Waals surface area contributed by atoms with Crippen LogP contribution in [0.1, 0.15) is 16.0 Å². The van der Waals surface area contributed by atoms with Gasteiger partial charge < -0.3 is 9.97 Å². The zero-order valence-corrected chi connectivity index (χ0v) is 13.9. The van der Waals surface area contributed by atoms with Gasteiger partial charge in [-0.05, 0) is 41.8 Å². The van der Waals surface area contributed by atoms with Gasteiger partial charge in [0.25, 0.3) is 0 Å². The van der Waals surface area contributed by atoms with E-state index in [1.165, 1.54) is 0 Å². The van der Waals surface area contributed by atoms with Crippen molar-refractivity contribution in [3.05, 3.63) is 68.1 Å². The van der Waals surface area contributed by atoms with Gasteiger partial charge in [-0.1, -0.05) is 51.3 Å². The molecule has 0 fully saturated rings. The summed E-state index contributed by atoms with van der Waals surface area (Å²) in [7, 11) is 0. The van der Waals surface area contributed by atoms with Crippen molar-refractivity contribution in [1.82, 2.24) is 9.97 Å². The lowest BCUT2D eigenvalue weighted by Gasteiger charge is -2.11. The quantitative estimate of drug-likeness (QED) is 0.622. The zero-order valence-electron chi connectivity index (χ0n) is 10.8. The van der Waals surface area contributed by atoms with E-state index in [4.69, 9.17) is 23.2 Å². The molecule has 1 atom stereocenters. The first-order valence-corrected chi connectivity index (χ1v) is 8.00. The third-order valence-electron chi connectivity index (χ3n) is 3.30. The average Bonchev–Trinajstić information content (AvgIpc) is 2.82. The number of nitrogens with one attached hydrogen (secondary N) is 2. The number of hydrogen-bond donors (Lipinski definition) is 2. The van der Waals surface area contributed by atoms with Crippen molar-refractivity contribution in [1.29, 1.82) is 0 Å². The lowest BCUT2D eigenvalue weighted by atomic mass is 10.0. The summed E-state index contributed by atoms with van der Waals surface area (Å²) < 4.78 is 0. The molecule has 1 aromatic heterocycles. The number of fused-ring (bicyclic) bond motifs is 1. The molecule has 6 heteroatoms. The van der Waals surface area contributed by atoms with Crippen LogP contribution < -0.4 is 5.69 Å². The highest BCUT2D eigenvalue weighted by Gasteiger charge is 2.11. The molecule has 0 aliphatic rings. The molecule has 2 aromatic carbocycles. The van der Waals surface area contributed by atoms with E-state index in [-0.39, 0.29) is 10.5 Å². The fraction of sp³-hybridized carbons (Fsp3) is 0.133. The van der Waals surface area contributed by atoms with Gasteiger partial charge in [-0.3, -0.25) is 0 Å². The second-order valence-electron chi connectivity index (χ2n) is 4.80. The van der Waals surface area contributed by atoms with Crippen molar-refractivity contribution in [2.24, 2.45) is 0 Å². The van der Waals surface area contributed by atoms with Crippen LogP contribution in [0.5, 0.6) is 0 Å². The van der Waals surface area contributed by atoms with Gasteiger partial charge in [0, 0.05) is 4.83 Å². The predicted molar refractivity (Wildman–Crippen MR) is 90.8 cm³/mol. The lowest BCUT2D eigenvalue weighted by Crippen LogP contribution is -1.99. The summed E-state index contributed by atoms with van der Waals surface area (Å²) in [5.74, 6) is 0. The Hall–Kier alpha value is -1.23. The first kappa shape index (κ1) is 14.7. The Bertz CT molecular complexity index is 856. The van der Waals surface area contributed by atoms with Crippen LogP contribution in [0.25, 0.3) is 11.0 Å². The summed E-state index contributed by atoms with van der Waals surface area (Å²) >= 11 is 15.6. The van der Waals surface area contributed by atoms with Crippen molar-refractivity contribution in [3.63, 3.8) is 0 Å². The van der Waals surface area contributed by atoms with Gasteiger partial charge >= 0.3 is 5.69 Å². The summed E-state index contributed by atoms with van der Waals surface area (Å²) in [5.41, 5.74) is 3.59. The first-order chi connectivity index (χ1) is 10.0. The minimum Gasteiger partial charge on any atom is -0.306 e. The molecule has 3 nitrogen and oxygen atoms in total. The van der Waals surface area contributed by atoms with E-state index >= 15 is 0 Å². The number of imidazole rings is 1. The lowest BCUT2D eigenvalue weighted by molar-refractivity contribution is 0.950. The predicted octanol–water partition coefficient (Wildman–Crippen LogP) is 4.84. The molecular formula is C15H11BrCl2N2O. The number of rotatable bonds is 3. The Morgan fingerprint density at radius 3 is 2.52 bits per heavy atom. The highest BCUT2D eigenvalue weighted by Crippen LogP contribution is 2.30. The molecular weight excluding hydrogens is 375 g/mol. The van der Waals surface area contributed by atoms with Crippen LogP contribution in [-0.2, 0) is 6.42 Å². The van der Waals surface area contributed by atoms with Gasteiger partial charge in [0.2, 0.25) is 0 Å². The Morgan fingerprint density at radius 2 is 1.76 bits per heavy atom. The van der Waals surface area contributed by atoms with Crippen molar-refractivity contribution in [2.45, 2.75) is 11.2 Å². The topological polar surface area (TPSA) is 48.6 Å². The van der Waals surface area contributed by atoms with E-state index in [1.807, 2.05) is 30.3 Å². The largest absolute Gasteiger partial charge is 0.323 e. The van der Waals surface area contributed by atoms with Gasteiger partial charge in [0.05, 0.1) is 21.1 Å². The molecule has 3 aromatic rings. The third-order valence-corrected chi connectivity index (χ3v) is 4.89. The maximum absolute atomic E-state index is 11.3. The van der Waals surface area contributed by atoms with E-state index in [1.54, 1.807) is 6.07 Å². The number of aromatic nitrogens is 2. The van der Waals surface area contributed by atoms with Crippen LogP contribution in [0.4, 0.5) is 0 Å². The zero-order chi connectivity index (χ0) is 15.0. The summed E-state index contributed by atoms with van der Waals surface area (Å²) in [4.78, 5) is 16.9. The number of aromatic amines is 2. The number of hydrogen-bond acceptors (Lipinski definition) is 1. The Morgan fingerprint density at radius 1 is 1.00 bits per heavy atom. The molecule has 0 spiro atoms. The van der Waals surface area contributed by atoms with Gasteiger partial charge in [-0.15, -0.1) is 0 Å². The third kappa shape index (κ3) is 3.18. The second-order valence-corrected chi connectivity index (χ2v) is 6.72. The van der Waals surface area contributed by atoms with Gasteiger partial charge in [-0.2, -0.15) is 0 Å². The van der Waals surface area contributed by atoms with E-state index in [0.29, 0.717) is 10.0 Å². The minimum absolute atomic E-state index is 0.123. The highest BCUT2D eigenvalue weighted by atomic mass is 79.9. The Balaban J connectivity index is 1.87. The maximum atomic E-state index is 11.3. The molecule has 0 aliphatic heterocycles. The first-order valence-electron chi connectivity index (χ1n) is 6.33. The maximum Gasteiger partial charge on any atom is 0.323 e. The van der Waals surface area contributed by atoms with Crippen LogP contribution in [-0.4, -0.2) is 9.97 Å². The molecule has 0 saturated heterocycles. The Kier molecular flexibility index (Phi) is 4.11. The van der Waals surface area contributed by atoms with Crippen LogP contribution in [0, 0.1) is 0 Å². The number of benzene rings is 2. The molecule has 0 bridgehead atoms. The van der Waals surface area contributed by atoms with Gasteiger partial charge in [0.15, 0.2) is 0 Å². The smallest absolute Gasteiger partial charge is 0.306 e. The Labute approximate surface area is 139 Å². The molecule has 21 heavy (non-hydrogen) atoms. The van der Waals surface area contributed by atoms with Crippen LogP contribution >= 0.6 is 39.1 Å². The van der Waals surface area contributed by atoms with Gasteiger partial charge in [0.1, 0.15) is 0 Å². The van der Waals surface area contributed by atoms with Crippen LogP contribution in [0.2, 0.25) is 10.0 Å². The number of H-pyrrole nitrogens is 2. The highest BCUT2D eigenvalue weighted by molar-refractivity contribution is 9.09. The van der Waals surface area contributed by atoms with E-state index in [2.05, 4.69) is 25.9 Å².